The summed E-state index contributed by atoms with van der Waals surface area (Å²) >= 11 is 1.47. The zero-order valence-electron chi connectivity index (χ0n) is 11.6. The van der Waals surface area contributed by atoms with Crippen molar-refractivity contribution in [3.05, 3.63) is 35.0 Å². The fraction of sp³-hybridized carbons (Fsp3) is 0.438. The van der Waals surface area contributed by atoms with Crippen LogP contribution in [0.1, 0.15) is 47.5 Å². The van der Waals surface area contributed by atoms with E-state index >= 15 is 0 Å². The lowest BCUT2D eigenvalue weighted by atomic mass is 9.86. The van der Waals surface area contributed by atoms with Gasteiger partial charge in [-0.1, -0.05) is 25.3 Å². The molecular formula is C16H18N2OS. The number of aromatic nitrogens is 2. The highest BCUT2D eigenvalue weighted by molar-refractivity contribution is 7.16. The Labute approximate surface area is 123 Å². The molecule has 0 aliphatic heterocycles. The molecule has 2 heterocycles. The second-order valence-corrected chi connectivity index (χ2v) is 6.42. The molecular weight excluding hydrogens is 268 g/mol. The first-order chi connectivity index (χ1) is 9.74. The van der Waals surface area contributed by atoms with Crippen LogP contribution in [0.15, 0.2) is 24.4 Å². The number of hydrogen-bond donors (Lipinski definition) is 0. The summed E-state index contributed by atoms with van der Waals surface area (Å²) in [4.78, 5) is 22.1. The topological polar surface area (TPSA) is 42.9 Å². The number of carbonyl (C=O) groups excluding carboxylic acids is 1. The van der Waals surface area contributed by atoms with Crippen LogP contribution in [0, 0.1) is 12.8 Å². The van der Waals surface area contributed by atoms with Gasteiger partial charge >= 0.3 is 0 Å². The van der Waals surface area contributed by atoms with Crippen LogP contribution < -0.4 is 0 Å². The van der Waals surface area contributed by atoms with Crippen LogP contribution in [0.2, 0.25) is 0 Å². The fourth-order valence-corrected chi connectivity index (χ4v) is 3.64. The van der Waals surface area contributed by atoms with E-state index < -0.39 is 0 Å². The zero-order chi connectivity index (χ0) is 13.9. The maximum atomic E-state index is 12.5. The standard InChI is InChI=1S/C16H18N2OS/c1-11-6-5-9-13(18-11)16-17-10-14(20-16)15(19)12-7-3-2-4-8-12/h5-6,9-10,12H,2-4,7-8H2,1H3. The molecule has 1 aliphatic carbocycles. The number of rotatable bonds is 3. The van der Waals surface area contributed by atoms with Crippen molar-refractivity contribution < 1.29 is 4.79 Å². The van der Waals surface area contributed by atoms with Crippen molar-refractivity contribution in [3.63, 3.8) is 0 Å². The van der Waals surface area contributed by atoms with Crippen molar-refractivity contribution in [2.45, 2.75) is 39.0 Å². The molecule has 2 aromatic heterocycles. The van der Waals surface area contributed by atoms with E-state index in [9.17, 15) is 4.79 Å². The highest BCUT2D eigenvalue weighted by Gasteiger charge is 2.24. The van der Waals surface area contributed by atoms with Crippen LogP contribution in [0.25, 0.3) is 10.7 Å². The first-order valence-corrected chi connectivity index (χ1v) is 8.00. The van der Waals surface area contributed by atoms with E-state index in [0.29, 0.717) is 0 Å². The van der Waals surface area contributed by atoms with Crippen LogP contribution in [-0.2, 0) is 0 Å². The second-order valence-electron chi connectivity index (χ2n) is 5.39. The van der Waals surface area contributed by atoms with Gasteiger partial charge in [-0.15, -0.1) is 11.3 Å². The minimum Gasteiger partial charge on any atom is -0.293 e. The Morgan fingerprint density at radius 3 is 2.80 bits per heavy atom. The average molecular weight is 286 g/mol. The summed E-state index contributed by atoms with van der Waals surface area (Å²) in [5, 5.41) is 0.841. The van der Waals surface area contributed by atoms with Crippen molar-refractivity contribution in [2.75, 3.05) is 0 Å². The summed E-state index contributed by atoms with van der Waals surface area (Å²) < 4.78 is 0. The smallest absolute Gasteiger partial charge is 0.177 e. The molecule has 0 amide bonds. The number of aryl methyl sites for hydroxylation is 1. The number of ketones is 1. The Morgan fingerprint density at radius 2 is 2.05 bits per heavy atom. The lowest BCUT2D eigenvalue weighted by Crippen LogP contribution is -2.16. The molecule has 1 saturated carbocycles. The van der Waals surface area contributed by atoms with Crippen molar-refractivity contribution in [1.29, 1.82) is 0 Å². The third-order valence-electron chi connectivity index (χ3n) is 3.83. The fourth-order valence-electron chi connectivity index (χ4n) is 2.73. The highest BCUT2D eigenvalue weighted by Crippen LogP contribution is 2.30. The average Bonchev–Trinajstić information content (AvgIpc) is 2.97. The Balaban J connectivity index is 1.81. The lowest BCUT2D eigenvalue weighted by molar-refractivity contribution is 0.0893. The summed E-state index contributed by atoms with van der Waals surface area (Å²) in [6.45, 7) is 1.96. The van der Waals surface area contributed by atoms with Gasteiger partial charge in [0.05, 0.1) is 10.6 Å². The maximum absolute atomic E-state index is 12.5. The molecule has 2 aromatic rings. The third-order valence-corrected chi connectivity index (χ3v) is 4.87. The Hall–Kier alpha value is -1.55. The van der Waals surface area contributed by atoms with Gasteiger partial charge in [0.2, 0.25) is 0 Å². The summed E-state index contributed by atoms with van der Waals surface area (Å²) in [7, 11) is 0. The highest BCUT2D eigenvalue weighted by atomic mass is 32.1. The van der Waals surface area contributed by atoms with Gasteiger partial charge in [-0.3, -0.25) is 9.78 Å². The molecule has 20 heavy (non-hydrogen) atoms. The van der Waals surface area contributed by atoms with Crippen molar-refractivity contribution in [2.24, 2.45) is 5.92 Å². The summed E-state index contributed by atoms with van der Waals surface area (Å²) in [6.07, 6.45) is 7.43. The number of hydrogen-bond acceptors (Lipinski definition) is 4. The van der Waals surface area contributed by atoms with Crippen molar-refractivity contribution in [1.82, 2.24) is 9.97 Å². The SMILES string of the molecule is Cc1cccc(-c2ncc(C(=O)C3CCCCC3)s2)n1. The summed E-state index contributed by atoms with van der Waals surface area (Å²) in [5.41, 5.74) is 1.83. The summed E-state index contributed by atoms with van der Waals surface area (Å²) in [6, 6.07) is 5.88. The quantitative estimate of drug-likeness (QED) is 0.791. The van der Waals surface area contributed by atoms with E-state index in [1.807, 2.05) is 25.1 Å². The molecule has 0 N–H and O–H groups in total. The Morgan fingerprint density at radius 1 is 1.25 bits per heavy atom. The van der Waals surface area contributed by atoms with Gasteiger partial charge in [-0.2, -0.15) is 0 Å². The van der Waals surface area contributed by atoms with Crippen molar-refractivity contribution in [3.8, 4) is 10.7 Å². The molecule has 0 saturated heterocycles. The predicted octanol–water partition coefficient (Wildman–Crippen LogP) is 4.28. The van der Waals surface area contributed by atoms with Gasteiger partial charge < -0.3 is 0 Å². The number of nitrogens with zero attached hydrogens (tertiary/aromatic N) is 2. The maximum Gasteiger partial charge on any atom is 0.177 e. The zero-order valence-corrected chi connectivity index (χ0v) is 12.4. The molecule has 104 valence electrons. The lowest BCUT2D eigenvalue weighted by Gasteiger charge is -2.19. The van der Waals surface area contributed by atoms with Gasteiger partial charge in [-0.25, -0.2) is 4.98 Å². The van der Waals surface area contributed by atoms with Crippen LogP contribution in [0.4, 0.5) is 0 Å². The molecule has 4 heteroatoms. The Bertz CT molecular complexity index is 614. The molecule has 0 aromatic carbocycles. The first-order valence-electron chi connectivity index (χ1n) is 7.18. The molecule has 3 nitrogen and oxygen atoms in total. The summed E-state index contributed by atoms with van der Waals surface area (Å²) in [5.74, 6) is 0.489. The minimum absolute atomic E-state index is 0.211. The third kappa shape index (κ3) is 2.80. The van der Waals surface area contributed by atoms with Crippen LogP contribution >= 0.6 is 11.3 Å². The van der Waals surface area contributed by atoms with Crippen LogP contribution in [-0.4, -0.2) is 15.8 Å². The van der Waals surface area contributed by atoms with E-state index in [1.165, 1.54) is 30.6 Å². The van der Waals surface area contributed by atoms with Gasteiger partial charge in [0.25, 0.3) is 0 Å². The number of Topliss-reactive ketones (excluding diaryl/α,β-unsaturated/α-hetero) is 1. The predicted molar refractivity (Wildman–Crippen MR) is 81.0 cm³/mol. The van der Waals surface area contributed by atoms with E-state index in [4.69, 9.17) is 0 Å². The van der Waals surface area contributed by atoms with Gasteiger partial charge in [0, 0.05) is 17.8 Å². The van der Waals surface area contributed by atoms with E-state index in [-0.39, 0.29) is 11.7 Å². The first kappa shape index (κ1) is 13.4. The van der Waals surface area contributed by atoms with Crippen LogP contribution in [0.5, 0.6) is 0 Å². The molecule has 1 aliphatic rings. The second kappa shape index (κ2) is 5.83. The molecule has 0 bridgehead atoms. The van der Waals surface area contributed by atoms with Gasteiger partial charge in [-0.05, 0) is 31.9 Å². The molecule has 0 unspecified atom stereocenters. The van der Waals surface area contributed by atoms with E-state index in [0.717, 1.165) is 34.1 Å². The van der Waals surface area contributed by atoms with Crippen molar-refractivity contribution >= 4 is 17.1 Å². The number of carbonyl (C=O) groups is 1. The van der Waals surface area contributed by atoms with Gasteiger partial charge in [0.1, 0.15) is 5.01 Å². The van der Waals surface area contributed by atoms with Crippen LogP contribution in [0.3, 0.4) is 0 Å². The number of thiazole rings is 1. The molecule has 0 atom stereocenters. The molecule has 0 spiro atoms. The largest absolute Gasteiger partial charge is 0.293 e. The molecule has 1 fully saturated rings. The normalized spacial score (nSPS) is 16.2. The van der Waals surface area contributed by atoms with Gasteiger partial charge in [0.15, 0.2) is 5.78 Å². The van der Waals surface area contributed by atoms with E-state index in [2.05, 4.69) is 9.97 Å². The Kier molecular flexibility index (Phi) is 3.92. The monoisotopic (exact) mass is 286 g/mol. The molecule has 3 rings (SSSR count). The minimum atomic E-state index is 0.211. The molecule has 0 radical (unpaired) electrons. The van der Waals surface area contributed by atoms with E-state index in [1.54, 1.807) is 6.20 Å². The number of pyridine rings is 1.